The van der Waals surface area contributed by atoms with Crippen LogP contribution in [0.1, 0.15) is 20.8 Å². The zero-order chi connectivity index (χ0) is 12.7. The van der Waals surface area contributed by atoms with Crippen LogP contribution in [0.2, 0.25) is 0 Å². The third-order valence-corrected chi connectivity index (χ3v) is 2.50. The number of carbonyl (C=O) groups excluding carboxylic acids is 2. The molecule has 0 radical (unpaired) electrons. The van der Waals surface area contributed by atoms with Gasteiger partial charge in [-0.15, -0.1) is 0 Å². The highest BCUT2D eigenvalue weighted by Crippen LogP contribution is 2.07. The van der Waals surface area contributed by atoms with Crippen molar-refractivity contribution in [1.82, 2.24) is 10.6 Å². The molecule has 0 aliphatic heterocycles. The molecule has 0 aromatic heterocycles. The second-order valence-electron chi connectivity index (χ2n) is 4.08. The molecule has 4 N–H and O–H groups in total. The Hall–Kier alpha value is -1.17. The highest BCUT2D eigenvalue weighted by Gasteiger charge is 2.15. The Labute approximate surface area is 101 Å². The van der Waals surface area contributed by atoms with Crippen LogP contribution in [0, 0.1) is 11.8 Å². The van der Waals surface area contributed by atoms with Gasteiger partial charge in [-0.3, -0.25) is 9.59 Å². The van der Waals surface area contributed by atoms with Crippen LogP contribution in [-0.4, -0.2) is 29.9 Å². The van der Waals surface area contributed by atoms with E-state index in [1.165, 1.54) is 0 Å². The van der Waals surface area contributed by atoms with E-state index in [1.54, 1.807) is 0 Å². The molecule has 0 aliphatic carbocycles. The van der Waals surface area contributed by atoms with Crippen LogP contribution in [0.3, 0.4) is 0 Å². The van der Waals surface area contributed by atoms with Crippen molar-refractivity contribution in [3.05, 3.63) is 0 Å². The molecule has 0 fully saturated rings. The summed E-state index contributed by atoms with van der Waals surface area (Å²) in [6.07, 6.45) is 0. The van der Waals surface area contributed by atoms with Crippen LogP contribution in [0.15, 0.2) is 0 Å². The smallest absolute Gasteiger partial charge is 0.309 e. The van der Waals surface area contributed by atoms with E-state index in [9.17, 15) is 9.59 Å². The van der Waals surface area contributed by atoms with E-state index in [2.05, 4.69) is 36.7 Å². The summed E-state index contributed by atoms with van der Waals surface area (Å²) in [6.45, 7) is 6.66. The summed E-state index contributed by atoms with van der Waals surface area (Å²) in [6, 6.07) is 0. The fourth-order valence-electron chi connectivity index (χ4n) is 0.817. The van der Waals surface area contributed by atoms with Crippen molar-refractivity contribution >= 4 is 29.0 Å². The largest absolute Gasteiger partial charge is 0.392 e. The van der Waals surface area contributed by atoms with E-state index in [-0.39, 0.29) is 11.5 Å². The predicted molar refractivity (Wildman–Crippen MR) is 66.8 cm³/mol. The molecule has 2 amide bonds. The van der Waals surface area contributed by atoms with E-state index in [0.29, 0.717) is 18.4 Å². The molecule has 0 heterocycles. The van der Waals surface area contributed by atoms with Crippen LogP contribution in [0.25, 0.3) is 0 Å². The number of nitrogens with two attached hydrogens (primary N) is 1. The quantitative estimate of drug-likeness (QED) is 0.462. The van der Waals surface area contributed by atoms with Crippen molar-refractivity contribution in [2.75, 3.05) is 13.1 Å². The fraction of sp³-hybridized carbons (Fsp3) is 0.700. The maximum absolute atomic E-state index is 11.3. The zero-order valence-electron chi connectivity index (χ0n) is 9.87. The Morgan fingerprint density at radius 3 is 2.12 bits per heavy atom. The summed E-state index contributed by atoms with van der Waals surface area (Å²) in [5.74, 6) is -0.570. The van der Waals surface area contributed by atoms with Gasteiger partial charge in [-0.05, 0) is 11.8 Å². The number of carbonyl (C=O) groups is 2. The van der Waals surface area contributed by atoms with Gasteiger partial charge in [0.1, 0.15) is 0 Å². The maximum Gasteiger partial charge on any atom is 0.309 e. The Morgan fingerprint density at radius 2 is 1.69 bits per heavy atom. The van der Waals surface area contributed by atoms with Gasteiger partial charge in [-0.2, -0.15) is 0 Å². The number of nitrogens with one attached hydrogen (secondary N) is 2. The third-order valence-electron chi connectivity index (χ3n) is 2.35. The molecule has 6 heteroatoms. The Balaban J connectivity index is 3.88. The van der Waals surface area contributed by atoms with Gasteiger partial charge in [0.2, 0.25) is 0 Å². The van der Waals surface area contributed by atoms with Crippen molar-refractivity contribution in [1.29, 1.82) is 0 Å². The van der Waals surface area contributed by atoms with Crippen molar-refractivity contribution in [2.45, 2.75) is 20.8 Å². The summed E-state index contributed by atoms with van der Waals surface area (Å²) < 4.78 is 0. The summed E-state index contributed by atoms with van der Waals surface area (Å²) in [5, 5.41) is 4.87. The number of hydrogen-bond acceptors (Lipinski definition) is 3. The molecule has 1 atom stereocenters. The van der Waals surface area contributed by atoms with Crippen LogP contribution < -0.4 is 16.4 Å². The lowest BCUT2D eigenvalue weighted by Gasteiger charge is -2.15. The third kappa shape index (κ3) is 6.34. The van der Waals surface area contributed by atoms with Crippen molar-refractivity contribution in [3.8, 4) is 0 Å². The average Bonchev–Trinajstić information content (AvgIpc) is 2.21. The number of amides is 2. The lowest BCUT2D eigenvalue weighted by molar-refractivity contribution is -0.139. The van der Waals surface area contributed by atoms with Gasteiger partial charge in [0.05, 0.1) is 11.5 Å². The van der Waals surface area contributed by atoms with E-state index < -0.39 is 11.8 Å². The molecular weight excluding hydrogens is 226 g/mol. The minimum atomic E-state index is -0.705. The molecule has 0 aromatic carbocycles. The summed E-state index contributed by atoms with van der Waals surface area (Å²) >= 11 is 4.57. The van der Waals surface area contributed by atoms with Crippen molar-refractivity contribution < 1.29 is 9.59 Å². The Morgan fingerprint density at radius 1 is 1.19 bits per heavy atom. The molecule has 92 valence electrons. The Kier molecular flexibility index (Phi) is 6.64. The molecule has 0 spiro atoms. The maximum atomic E-state index is 11.3. The number of thiocarbonyl (C=S) groups is 1. The summed E-state index contributed by atoms with van der Waals surface area (Å²) in [7, 11) is 0. The molecule has 5 nitrogen and oxygen atoms in total. The number of hydrogen-bond donors (Lipinski definition) is 3. The van der Waals surface area contributed by atoms with Crippen molar-refractivity contribution in [3.63, 3.8) is 0 Å². The normalized spacial score (nSPS) is 12.0. The van der Waals surface area contributed by atoms with E-state index in [0.717, 1.165) is 0 Å². The van der Waals surface area contributed by atoms with Gasteiger partial charge < -0.3 is 16.4 Å². The van der Waals surface area contributed by atoms with Gasteiger partial charge in [-0.1, -0.05) is 33.0 Å². The first-order valence-electron chi connectivity index (χ1n) is 5.19. The van der Waals surface area contributed by atoms with E-state index >= 15 is 0 Å². The predicted octanol–water partition coefficient (Wildman–Crippen LogP) is -0.203. The minimum Gasteiger partial charge on any atom is -0.392 e. The molecular formula is C10H19N3O2S. The lowest BCUT2D eigenvalue weighted by atomic mass is 9.98. The van der Waals surface area contributed by atoms with Crippen LogP contribution in [-0.2, 0) is 9.59 Å². The first kappa shape index (κ1) is 14.8. The van der Waals surface area contributed by atoms with Gasteiger partial charge in [-0.25, -0.2) is 0 Å². The second kappa shape index (κ2) is 7.16. The first-order chi connectivity index (χ1) is 7.34. The second-order valence-corrected chi connectivity index (χ2v) is 4.60. The van der Waals surface area contributed by atoms with Gasteiger partial charge in [0.15, 0.2) is 0 Å². The SMILES string of the molecule is CC(C)C(C)CNC(=O)C(=O)NCC(N)=S. The topological polar surface area (TPSA) is 84.2 Å². The molecule has 0 aromatic rings. The monoisotopic (exact) mass is 245 g/mol. The summed E-state index contributed by atoms with van der Waals surface area (Å²) in [5.41, 5.74) is 5.19. The fourth-order valence-corrected chi connectivity index (χ4v) is 0.890. The molecule has 1 unspecified atom stereocenters. The van der Waals surface area contributed by atoms with Gasteiger partial charge in [0.25, 0.3) is 0 Å². The molecule has 0 saturated carbocycles. The molecule has 0 bridgehead atoms. The molecule has 16 heavy (non-hydrogen) atoms. The highest BCUT2D eigenvalue weighted by molar-refractivity contribution is 7.80. The zero-order valence-corrected chi connectivity index (χ0v) is 10.7. The molecule has 0 aliphatic rings. The molecule has 0 saturated heterocycles. The van der Waals surface area contributed by atoms with Gasteiger partial charge >= 0.3 is 11.8 Å². The summed E-state index contributed by atoms with van der Waals surface area (Å²) in [4.78, 5) is 22.6. The van der Waals surface area contributed by atoms with Crippen LogP contribution in [0.4, 0.5) is 0 Å². The molecule has 0 rings (SSSR count). The van der Waals surface area contributed by atoms with Crippen LogP contribution >= 0.6 is 12.2 Å². The van der Waals surface area contributed by atoms with E-state index in [4.69, 9.17) is 5.73 Å². The van der Waals surface area contributed by atoms with Crippen molar-refractivity contribution in [2.24, 2.45) is 17.6 Å². The van der Waals surface area contributed by atoms with Gasteiger partial charge in [0, 0.05) is 6.54 Å². The standard InChI is InChI=1S/C10H19N3O2S/c1-6(2)7(3)4-12-9(14)10(15)13-5-8(11)16/h6-7H,4-5H2,1-3H3,(H2,11,16)(H,12,14)(H,13,15). The average molecular weight is 245 g/mol. The minimum absolute atomic E-state index is 0.0430. The number of rotatable bonds is 5. The van der Waals surface area contributed by atoms with Crippen LogP contribution in [0.5, 0.6) is 0 Å². The lowest BCUT2D eigenvalue weighted by Crippen LogP contribution is -2.44. The Bertz CT molecular complexity index is 279. The van der Waals surface area contributed by atoms with E-state index in [1.807, 2.05) is 6.92 Å². The first-order valence-corrected chi connectivity index (χ1v) is 5.59. The highest BCUT2D eigenvalue weighted by atomic mass is 32.1.